The van der Waals surface area contributed by atoms with Gasteiger partial charge in [0.1, 0.15) is 23.9 Å². The molecule has 6 heteroatoms. The molecule has 6 nitrogen and oxygen atoms in total. The second-order valence-corrected chi connectivity index (χ2v) is 8.41. The molecule has 5 atom stereocenters. The first-order chi connectivity index (χ1) is 15.0. The molecule has 2 saturated heterocycles. The fraction of sp³-hybridized carbons (Fsp3) is 0.360. The maximum absolute atomic E-state index is 13.5. The first kappa shape index (κ1) is 19.8. The average Bonchev–Trinajstić information content (AvgIpc) is 3.46. The average molecular weight is 419 g/mol. The maximum Gasteiger partial charge on any atom is 0.313 e. The molecule has 3 aliphatic heterocycles. The normalized spacial score (nSPS) is 29.2. The highest BCUT2D eigenvalue weighted by atomic mass is 16.6. The van der Waals surface area contributed by atoms with E-state index in [9.17, 15) is 9.59 Å². The summed E-state index contributed by atoms with van der Waals surface area (Å²) in [6.07, 6.45) is 3.46. The van der Waals surface area contributed by atoms with Crippen LogP contribution >= 0.6 is 0 Å². The van der Waals surface area contributed by atoms with Gasteiger partial charge >= 0.3 is 5.97 Å². The highest BCUT2D eigenvalue weighted by molar-refractivity contribution is 5.91. The summed E-state index contributed by atoms with van der Waals surface area (Å²) in [6, 6.07) is 17.1. The third-order valence-electron chi connectivity index (χ3n) is 6.69. The predicted octanol–water partition coefficient (Wildman–Crippen LogP) is 3.28. The van der Waals surface area contributed by atoms with Crippen molar-refractivity contribution in [3.63, 3.8) is 0 Å². The molecule has 0 radical (unpaired) electrons. The lowest BCUT2D eigenvalue weighted by Crippen LogP contribution is -2.40. The van der Waals surface area contributed by atoms with Gasteiger partial charge < -0.3 is 19.1 Å². The Bertz CT molecular complexity index is 1020. The van der Waals surface area contributed by atoms with Crippen molar-refractivity contribution in [1.82, 2.24) is 4.90 Å². The van der Waals surface area contributed by atoms with E-state index in [1.807, 2.05) is 78.6 Å². The van der Waals surface area contributed by atoms with Gasteiger partial charge in [-0.1, -0.05) is 54.6 Å². The van der Waals surface area contributed by atoms with Gasteiger partial charge in [-0.3, -0.25) is 9.59 Å². The fourth-order valence-corrected chi connectivity index (χ4v) is 5.01. The van der Waals surface area contributed by atoms with Gasteiger partial charge in [0.05, 0.1) is 31.7 Å². The number of hydrogen-bond acceptors (Lipinski definition) is 5. The summed E-state index contributed by atoms with van der Waals surface area (Å²) < 4.78 is 17.0. The Morgan fingerprint density at radius 3 is 2.65 bits per heavy atom. The first-order valence-electron chi connectivity index (χ1n) is 10.5. The van der Waals surface area contributed by atoms with E-state index in [0.29, 0.717) is 6.54 Å². The second kappa shape index (κ2) is 7.54. The zero-order valence-electron chi connectivity index (χ0n) is 17.6. The quantitative estimate of drug-likeness (QED) is 0.531. The molecule has 3 aliphatic rings. The Labute approximate surface area is 181 Å². The molecule has 5 rings (SSSR count). The summed E-state index contributed by atoms with van der Waals surface area (Å²) in [5.74, 6) is -0.833. The molecule has 0 N–H and O–H groups in total. The van der Waals surface area contributed by atoms with E-state index in [-0.39, 0.29) is 24.5 Å². The van der Waals surface area contributed by atoms with Gasteiger partial charge in [0.15, 0.2) is 0 Å². The number of carbonyl (C=O) groups is 2. The van der Waals surface area contributed by atoms with Crippen molar-refractivity contribution < 1.29 is 23.8 Å². The Kier molecular flexibility index (Phi) is 4.82. The van der Waals surface area contributed by atoms with Gasteiger partial charge in [-0.05, 0) is 30.2 Å². The van der Waals surface area contributed by atoms with Crippen molar-refractivity contribution in [3.8, 4) is 5.75 Å². The second-order valence-electron chi connectivity index (χ2n) is 8.41. The Morgan fingerprint density at radius 2 is 1.94 bits per heavy atom. The van der Waals surface area contributed by atoms with Crippen molar-refractivity contribution in [2.45, 2.75) is 31.3 Å². The fourth-order valence-electron chi connectivity index (χ4n) is 5.01. The molecule has 2 fully saturated rings. The lowest BCUT2D eigenvalue weighted by molar-refractivity contribution is -0.155. The molecule has 160 valence electrons. The third-order valence-corrected chi connectivity index (χ3v) is 6.69. The van der Waals surface area contributed by atoms with Crippen LogP contribution < -0.4 is 4.74 Å². The molecule has 1 spiro atoms. The topological polar surface area (TPSA) is 65.1 Å². The number of ether oxygens (including phenoxy) is 3. The summed E-state index contributed by atoms with van der Waals surface area (Å²) >= 11 is 0. The van der Waals surface area contributed by atoms with E-state index in [0.717, 1.165) is 16.9 Å². The minimum atomic E-state index is -0.751. The molecular weight excluding hydrogens is 394 g/mol. The van der Waals surface area contributed by atoms with Crippen molar-refractivity contribution in [1.29, 1.82) is 0 Å². The van der Waals surface area contributed by atoms with Crippen molar-refractivity contribution >= 4 is 11.9 Å². The van der Waals surface area contributed by atoms with Crippen LogP contribution in [-0.4, -0.2) is 42.1 Å². The number of fused-ring (bicyclic) bond motifs is 1. The van der Waals surface area contributed by atoms with E-state index in [1.54, 1.807) is 7.11 Å². The number of hydrogen-bond donors (Lipinski definition) is 0. The van der Waals surface area contributed by atoms with Crippen molar-refractivity contribution in [3.05, 3.63) is 77.9 Å². The predicted molar refractivity (Wildman–Crippen MR) is 113 cm³/mol. The Balaban J connectivity index is 1.34. The van der Waals surface area contributed by atoms with Crippen LogP contribution in [0.3, 0.4) is 0 Å². The van der Waals surface area contributed by atoms with Crippen LogP contribution in [0.2, 0.25) is 0 Å². The minimum Gasteiger partial charge on any atom is -0.497 e. The van der Waals surface area contributed by atoms with E-state index >= 15 is 0 Å². The number of nitrogens with zero attached hydrogens (tertiary/aromatic N) is 1. The zero-order valence-corrected chi connectivity index (χ0v) is 17.6. The maximum atomic E-state index is 13.5. The van der Waals surface area contributed by atoms with Crippen molar-refractivity contribution in [2.24, 2.45) is 11.8 Å². The molecule has 2 aromatic rings. The summed E-state index contributed by atoms with van der Waals surface area (Å²) in [5, 5.41) is 0. The Hall–Kier alpha value is -3.12. The van der Waals surface area contributed by atoms with Gasteiger partial charge in [0, 0.05) is 0 Å². The summed E-state index contributed by atoms with van der Waals surface area (Å²) in [4.78, 5) is 28.3. The molecular formula is C25H25NO5. The monoisotopic (exact) mass is 419 g/mol. The number of methoxy groups -OCH3 is 1. The van der Waals surface area contributed by atoms with Crippen LogP contribution in [-0.2, 0) is 25.7 Å². The first-order valence-corrected chi connectivity index (χ1v) is 10.5. The van der Waals surface area contributed by atoms with E-state index in [4.69, 9.17) is 14.2 Å². The molecule has 0 aliphatic carbocycles. The molecule has 0 saturated carbocycles. The standard InChI is InChI=1S/C25H25NO5/c1-16(18-8-10-19(29-2)11-9-18)26-15-25-13-12-20(31-25)21(22(25)23(26)27)24(28)30-14-17-6-4-3-5-7-17/h3-13,16,20-22H,14-15H2,1-2H3/t16?,20-,21?,22+,25-/m1/s1. The zero-order chi connectivity index (χ0) is 21.6. The Morgan fingerprint density at radius 1 is 1.19 bits per heavy atom. The van der Waals surface area contributed by atoms with Crippen LogP contribution in [0.25, 0.3) is 0 Å². The lowest BCUT2D eigenvalue weighted by Gasteiger charge is -2.27. The van der Waals surface area contributed by atoms with Crippen LogP contribution in [0, 0.1) is 11.8 Å². The summed E-state index contributed by atoms with van der Waals surface area (Å²) in [5.41, 5.74) is 1.17. The third kappa shape index (κ3) is 3.22. The molecule has 2 bridgehead atoms. The molecule has 31 heavy (non-hydrogen) atoms. The minimum absolute atomic E-state index is 0.0585. The number of amides is 1. The SMILES string of the molecule is COc1ccc(C(C)N2C[C@@]34C=C[C@@H](O3)C(C(=O)OCc3ccccc3)[C@H]4C2=O)cc1. The molecule has 2 unspecified atom stereocenters. The highest BCUT2D eigenvalue weighted by Gasteiger charge is 2.67. The smallest absolute Gasteiger partial charge is 0.313 e. The van der Waals surface area contributed by atoms with E-state index < -0.39 is 23.5 Å². The number of rotatable bonds is 6. The molecule has 0 aromatic heterocycles. The largest absolute Gasteiger partial charge is 0.497 e. The number of carbonyl (C=O) groups excluding carboxylic acids is 2. The van der Waals surface area contributed by atoms with E-state index in [1.165, 1.54) is 0 Å². The van der Waals surface area contributed by atoms with Crippen LogP contribution in [0.5, 0.6) is 5.75 Å². The number of likely N-dealkylation sites (tertiary alicyclic amines) is 1. The van der Waals surface area contributed by atoms with Gasteiger partial charge in [-0.2, -0.15) is 0 Å². The summed E-state index contributed by atoms with van der Waals surface area (Å²) in [7, 11) is 1.62. The van der Waals surface area contributed by atoms with Crippen LogP contribution in [0.1, 0.15) is 24.1 Å². The van der Waals surface area contributed by atoms with Gasteiger partial charge in [0.25, 0.3) is 0 Å². The lowest BCUT2D eigenvalue weighted by atomic mass is 9.77. The van der Waals surface area contributed by atoms with Crippen molar-refractivity contribution in [2.75, 3.05) is 13.7 Å². The highest BCUT2D eigenvalue weighted by Crippen LogP contribution is 2.53. The van der Waals surface area contributed by atoms with Crippen LogP contribution in [0.4, 0.5) is 0 Å². The van der Waals surface area contributed by atoms with Gasteiger partial charge in [-0.25, -0.2) is 0 Å². The molecule has 1 amide bonds. The number of benzene rings is 2. The molecule has 3 heterocycles. The molecule has 2 aromatic carbocycles. The van der Waals surface area contributed by atoms with Gasteiger partial charge in [-0.15, -0.1) is 0 Å². The van der Waals surface area contributed by atoms with Gasteiger partial charge in [0.2, 0.25) is 5.91 Å². The van der Waals surface area contributed by atoms with Crippen LogP contribution in [0.15, 0.2) is 66.7 Å². The van der Waals surface area contributed by atoms with E-state index in [2.05, 4.69) is 0 Å². The summed E-state index contributed by atoms with van der Waals surface area (Å²) in [6.45, 7) is 2.61. The number of esters is 1.